The number of hydrogen-bond acceptors (Lipinski definition) is 4. The fraction of sp³-hybridized carbons (Fsp3) is 0.600. The van der Waals surface area contributed by atoms with E-state index >= 15 is 0 Å². The third-order valence-electron chi connectivity index (χ3n) is 3.61. The molecule has 0 bridgehead atoms. The minimum atomic E-state index is 0.294. The average molecular weight is 265 g/mol. The second-order valence-electron chi connectivity index (χ2n) is 4.89. The van der Waals surface area contributed by atoms with Crippen LogP contribution in [0.3, 0.4) is 0 Å². The van der Waals surface area contributed by atoms with Gasteiger partial charge in [0.05, 0.1) is 14.2 Å². The molecule has 1 aromatic rings. The molecule has 1 unspecified atom stereocenters. The van der Waals surface area contributed by atoms with Gasteiger partial charge in [-0.25, -0.2) is 0 Å². The van der Waals surface area contributed by atoms with Crippen LogP contribution >= 0.6 is 0 Å². The summed E-state index contributed by atoms with van der Waals surface area (Å²) in [7, 11) is 3.32. The highest BCUT2D eigenvalue weighted by Crippen LogP contribution is 2.30. The fourth-order valence-electron chi connectivity index (χ4n) is 2.44. The van der Waals surface area contributed by atoms with Crippen LogP contribution in [0.15, 0.2) is 18.2 Å². The first-order valence-corrected chi connectivity index (χ1v) is 6.80. The average Bonchev–Trinajstić information content (AvgIpc) is 2.47. The number of hydrogen-bond donors (Lipinski definition) is 1. The molecule has 1 fully saturated rings. The van der Waals surface area contributed by atoms with E-state index < -0.39 is 0 Å². The molecule has 106 valence electrons. The summed E-state index contributed by atoms with van der Waals surface area (Å²) in [5.74, 6) is 1.55. The van der Waals surface area contributed by atoms with Crippen molar-refractivity contribution in [3.63, 3.8) is 0 Å². The Morgan fingerprint density at radius 1 is 1.16 bits per heavy atom. The Labute approximate surface area is 115 Å². The predicted octanol–water partition coefficient (Wildman–Crippen LogP) is 2.53. The van der Waals surface area contributed by atoms with Crippen molar-refractivity contribution in [1.82, 2.24) is 5.32 Å². The minimum absolute atomic E-state index is 0.294. The normalized spacial score (nSPS) is 18.1. The van der Waals surface area contributed by atoms with Crippen LogP contribution in [-0.2, 0) is 4.74 Å². The highest BCUT2D eigenvalue weighted by atomic mass is 16.5. The van der Waals surface area contributed by atoms with Crippen molar-refractivity contribution in [3.8, 4) is 11.5 Å². The summed E-state index contributed by atoms with van der Waals surface area (Å²) in [5, 5.41) is 3.65. The summed E-state index contributed by atoms with van der Waals surface area (Å²) in [5.41, 5.74) is 1.21. The van der Waals surface area contributed by atoms with E-state index in [2.05, 4.69) is 18.3 Å². The van der Waals surface area contributed by atoms with Crippen molar-refractivity contribution < 1.29 is 14.2 Å². The molecule has 1 heterocycles. The lowest BCUT2D eigenvalue weighted by molar-refractivity contribution is 0.0754. The summed E-state index contributed by atoms with van der Waals surface area (Å²) in [4.78, 5) is 0. The molecular weight excluding hydrogens is 242 g/mol. The predicted molar refractivity (Wildman–Crippen MR) is 74.9 cm³/mol. The second kappa shape index (κ2) is 6.78. The largest absolute Gasteiger partial charge is 0.493 e. The third-order valence-corrected chi connectivity index (χ3v) is 3.61. The standard InChI is InChI=1S/C15H23NO3/c1-11(16-13-6-8-19-9-7-13)12-4-5-14(17-2)15(10-12)18-3/h4-5,10-11,13,16H,6-9H2,1-3H3. The summed E-state index contributed by atoms with van der Waals surface area (Å²) in [6.45, 7) is 3.89. The van der Waals surface area contributed by atoms with Gasteiger partial charge in [0.2, 0.25) is 0 Å². The van der Waals surface area contributed by atoms with Crippen molar-refractivity contribution in [2.45, 2.75) is 31.8 Å². The van der Waals surface area contributed by atoms with E-state index in [1.54, 1.807) is 14.2 Å². The minimum Gasteiger partial charge on any atom is -0.493 e. The van der Waals surface area contributed by atoms with Gasteiger partial charge in [0.25, 0.3) is 0 Å². The van der Waals surface area contributed by atoms with Gasteiger partial charge in [-0.2, -0.15) is 0 Å². The highest BCUT2D eigenvalue weighted by Gasteiger charge is 2.17. The molecule has 1 N–H and O–H groups in total. The zero-order valence-electron chi connectivity index (χ0n) is 11.9. The Morgan fingerprint density at radius 3 is 2.47 bits per heavy atom. The van der Waals surface area contributed by atoms with Crippen LogP contribution in [0.25, 0.3) is 0 Å². The van der Waals surface area contributed by atoms with E-state index in [9.17, 15) is 0 Å². The van der Waals surface area contributed by atoms with Gasteiger partial charge in [-0.3, -0.25) is 0 Å². The zero-order chi connectivity index (χ0) is 13.7. The number of benzene rings is 1. The van der Waals surface area contributed by atoms with Crippen molar-refractivity contribution >= 4 is 0 Å². The number of ether oxygens (including phenoxy) is 3. The Kier molecular flexibility index (Phi) is 5.05. The van der Waals surface area contributed by atoms with E-state index in [-0.39, 0.29) is 0 Å². The number of rotatable bonds is 5. The van der Waals surface area contributed by atoms with E-state index in [1.807, 2.05) is 12.1 Å². The van der Waals surface area contributed by atoms with Crippen LogP contribution in [0, 0.1) is 0 Å². The van der Waals surface area contributed by atoms with Crippen molar-refractivity contribution in [3.05, 3.63) is 23.8 Å². The van der Waals surface area contributed by atoms with Crippen molar-refractivity contribution in [2.24, 2.45) is 0 Å². The monoisotopic (exact) mass is 265 g/mol. The Morgan fingerprint density at radius 2 is 1.84 bits per heavy atom. The van der Waals surface area contributed by atoms with Crippen molar-refractivity contribution in [2.75, 3.05) is 27.4 Å². The summed E-state index contributed by atoms with van der Waals surface area (Å²) in [6, 6.07) is 6.91. The molecule has 4 nitrogen and oxygen atoms in total. The molecule has 0 radical (unpaired) electrons. The number of methoxy groups -OCH3 is 2. The lowest BCUT2D eigenvalue weighted by Crippen LogP contribution is -2.36. The molecule has 0 spiro atoms. The quantitative estimate of drug-likeness (QED) is 0.888. The molecule has 0 saturated carbocycles. The molecule has 0 aliphatic carbocycles. The molecule has 1 aliphatic rings. The van der Waals surface area contributed by atoms with Crippen LogP contribution in [0.4, 0.5) is 0 Å². The van der Waals surface area contributed by atoms with Gasteiger partial charge in [-0.05, 0) is 37.5 Å². The van der Waals surface area contributed by atoms with Gasteiger partial charge in [0.15, 0.2) is 11.5 Å². The lowest BCUT2D eigenvalue weighted by Gasteiger charge is -2.27. The molecule has 0 amide bonds. The van der Waals surface area contributed by atoms with Gasteiger partial charge < -0.3 is 19.5 Å². The first kappa shape index (κ1) is 14.2. The van der Waals surface area contributed by atoms with Gasteiger partial charge >= 0.3 is 0 Å². The molecule has 1 aliphatic heterocycles. The van der Waals surface area contributed by atoms with Crippen molar-refractivity contribution in [1.29, 1.82) is 0 Å². The third kappa shape index (κ3) is 3.61. The Bertz CT molecular complexity index is 402. The summed E-state index contributed by atoms with van der Waals surface area (Å²) < 4.78 is 16.0. The Balaban J connectivity index is 2.03. The maximum absolute atomic E-state index is 5.38. The first-order chi connectivity index (χ1) is 9.24. The molecule has 19 heavy (non-hydrogen) atoms. The molecular formula is C15H23NO3. The van der Waals surface area contributed by atoms with Crippen LogP contribution in [0.2, 0.25) is 0 Å². The van der Waals surface area contributed by atoms with E-state index in [0.29, 0.717) is 12.1 Å². The van der Waals surface area contributed by atoms with E-state index in [0.717, 1.165) is 37.6 Å². The van der Waals surface area contributed by atoms with Gasteiger partial charge in [-0.15, -0.1) is 0 Å². The first-order valence-electron chi connectivity index (χ1n) is 6.80. The zero-order valence-corrected chi connectivity index (χ0v) is 11.9. The van der Waals surface area contributed by atoms with Gasteiger partial charge in [0, 0.05) is 25.3 Å². The summed E-state index contributed by atoms with van der Waals surface area (Å²) >= 11 is 0. The maximum atomic E-state index is 5.38. The van der Waals surface area contributed by atoms with Crippen LogP contribution in [0.1, 0.15) is 31.4 Å². The maximum Gasteiger partial charge on any atom is 0.161 e. The number of nitrogens with one attached hydrogen (secondary N) is 1. The van der Waals surface area contributed by atoms with E-state index in [1.165, 1.54) is 5.56 Å². The highest BCUT2D eigenvalue weighted by molar-refractivity contribution is 5.43. The lowest BCUT2D eigenvalue weighted by atomic mass is 10.0. The van der Waals surface area contributed by atoms with Gasteiger partial charge in [-0.1, -0.05) is 6.07 Å². The molecule has 2 rings (SSSR count). The smallest absolute Gasteiger partial charge is 0.161 e. The molecule has 4 heteroatoms. The molecule has 1 atom stereocenters. The molecule has 0 aromatic heterocycles. The Hall–Kier alpha value is -1.26. The SMILES string of the molecule is COc1ccc(C(C)NC2CCOCC2)cc1OC. The second-order valence-corrected chi connectivity index (χ2v) is 4.89. The van der Waals surface area contributed by atoms with Gasteiger partial charge in [0.1, 0.15) is 0 Å². The van der Waals surface area contributed by atoms with Crippen LogP contribution in [-0.4, -0.2) is 33.5 Å². The van der Waals surface area contributed by atoms with Crippen LogP contribution < -0.4 is 14.8 Å². The summed E-state index contributed by atoms with van der Waals surface area (Å²) in [6.07, 6.45) is 2.16. The fourth-order valence-corrected chi connectivity index (χ4v) is 2.44. The topological polar surface area (TPSA) is 39.7 Å². The molecule has 1 aromatic carbocycles. The molecule has 1 saturated heterocycles. The van der Waals surface area contributed by atoms with E-state index in [4.69, 9.17) is 14.2 Å². The van der Waals surface area contributed by atoms with Crippen LogP contribution in [0.5, 0.6) is 11.5 Å².